The summed E-state index contributed by atoms with van der Waals surface area (Å²) in [6.07, 6.45) is 7.30. The van der Waals surface area contributed by atoms with Crippen molar-refractivity contribution in [3.63, 3.8) is 0 Å². The monoisotopic (exact) mass is 410 g/mol. The van der Waals surface area contributed by atoms with Gasteiger partial charge in [0.25, 0.3) is 0 Å². The molecule has 2 aromatic heterocycles. The zero-order valence-corrected chi connectivity index (χ0v) is 15.9. The van der Waals surface area contributed by atoms with E-state index in [2.05, 4.69) is 32.1 Å². The Morgan fingerprint density at radius 3 is 2.81 bits per heavy atom. The van der Waals surface area contributed by atoms with Crippen LogP contribution in [0, 0.1) is 17.2 Å². The van der Waals surface area contributed by atoms with Crippen molar-refractivity contribution in [2.75, 3.05) is 5.73 Å². The lowest BCUT2D eigenvalue weighted by Crippen LogP contribution is -2.10. The number of nitrogens with two attached hydrogens (primary N) is 1. The smallest absolute Gasteiger partial charge is 0.223 e. The number of benzene rings is 1. The molecule has 0 atom stereocenters. The molecule has 2 heterocycles. The molecule has 2 N–H and O–H groups in total. The van der Waals surface area contributed by atoms with Gasteiger partial charge in [0.05, 0.1) is 21.8 Å². The lowest BCUT2D eigenvalue weighted by atomic mass is 9.87. The first-order valence-corrected chi connectivity index (χ1v) is 9.66. The van der Waals surface area contributed by atoms with Gasteiger partial charge in [-0.1, -0.05) is 44.2 Å². The van der Waals surface area contributed by atoms with Crippen molar-refractivity contribution < 1.29 is 0 Å². The third-order valence-electron chi connectivity index (χ3n) is 4.96. The number of hydrogen-bond acceptors (Lipinski definition) is 5. The third kappa shape index (κ3) is 3.17. The number of nitrogen functional groups attached to an aromatic ring is 1. The summed E-state index contributed by atoms with van der Waals surface area (Å²) in [6, 6.07) is 9.45. The quantitative estimate of drug-likeness (QED) is 0.700. The molecule has 6 nitrogen and oxygen atoms in total. The number of nitrogens with zero attached hydrogens (tertiary/aromatic N) is 5. The van der Waals surface area contributed by atoms with Crippen LogP contribution in [0.4, 0.5) is 5.95 Å². The van der Waals surface area contributed by atoms with Gasteiger partial charge in [0.2, 0.25) is 5.95 Å². The molecule has 1 aromatic carbocycles. The molecule has 0 amide bonds. The number of nitriles is 1. The van der Waals surface area contributed by atoms with Crippen LogP contribution in [0.2, 0.25) is 0 Å². The fraction of sp³-hybridized carbons (Fsp3) is 0.368. The Morgan fingerprint density at radius 1 is 1.23 bits per heavy atom. The predicted molar refractivity (Wildman–Crippen MR) is 103 cm³/mol. The molecule has 3 aromatic rings. The van der Waals surface area contributed by atoms with Crippen LogP contribution in [0.25, 0.3) is 16.9 Å². The Bertz CT molecular complexity index is 997. The van der Waals surface area contributed by atoms with Crippen molar-refractivity contribution in [3.8, 4) is 17.3 Å². The summed E-state index contributed by atoms with van der Waals surface area (Å²) in [7, 11) is 0. The first-order valence-electron chi connectivity index (χ1n) is 8.87. The highest BCUT2D eigenvalue weighted by atomic mass is 79.9. The van der Waals surface area contributed by atoms with E-state index in [9.17, 15) is 0 Å². The molecule has 4 rings (SSSR count). The van der Waals surface area contributed by atoms with E-state index in [4.69, 9.17) is 16.0 Å². The predicted octanol–water partition coefficient (Wildman–Crippen LogP) is 4.13. The van der Waals surface area contributed by atoms with Crippen molar-refractivity contribution in [1.82, 2.24) is 19.6 Å². The first-order chi connectivity index (χ1) is 12.7. The summed E-state index contributed by atoms with van der Waals surface area (Å²) in [4.78, 5) is 9.20. The van der Waals surface area contributed by atoms with Crippen LogP contribution in [0.15, 0.2) is 28.7 Å². The fourth-order valence-electron chi connectivity index (χ4n) is 3.64. The Kier molecular flexibility index (Phi) is 4.60. The summed E-state index contributed by atoms with van der Waals surface area (Å²) in [5.41, 5.74) is 8.88. The van der Waals surface area contributed by atoms with Gasteiger partial charge in [0.1, 0.15) is 0 Å². The minimum Gasteiger partial charge on any atom is -0.368 e. The molecule has 0 spiro atoms. The van der Waals surface area contributed by atoms with E-state index in [0.29, 0.717) is 28.8 Å². The molecule has 1 fully saturated rings. The highest BCUT2D eigenvalue weighted by Gasteiger charge is 2.20. The second-order valence-corrected chi connectivity index (χ2v) is 7.59. The van der Waals surface area contributed by atoms with Gasteiger partial charge in [-0.15, -0.1) is 5.10 Å². The Hall–Kier alpha value is -2.46. The minimum atomic E-state index is 0.294. The fourth-order valence-corrected chi connectivity index (χ4v) is 4.21. The van der Waals surface area contributed by atoms with Crippen molar-refractivity contribution in [2.24, 2.45) is 5.92 Å². The Balaban J connectivity index is 1.74. The van der Waals surface area contributed by atoms with Crippen LogP contribution in [0.1, 0.15) is 43.5 Å². The van der Waals surface area contributed by atoms with E-state index in [1.807, 2.05) is 12.1 Å². The van der Waals surface area contributed by atoms with Gasteiger partial charge < -0.3 is 5.73 Å². The highest BCUT2D eigenvalue weighted by Crippen LogP contribution is 2.32. The van der Waals surface area contributed by atoms with E-state index in [1.54, 1.807) is 16.6 Å². The van der Waals surface area contributed by atoms with Crippen LogP contribution >= 0.6 is 15.9 Å². The Labute approximate surface area is 160 Å². The number of hydrogen-bond donors (Lipinski definition) is 1. The van der Waals surface area contributed by atoms with Crippen LogP contribution in [-0.2, 0) is 6.42 Å². The molecular formula is C19H19BrN6. The normalized spacial score (nSPS) is 15.2. The molecule has 0 radical (unpaired) electrons. The van der Waals surface area contributed by atoms with Gasteiger partial charge in [-0.05, 0) is 34.0 Å². The molecule has 0 unspecified atom stereocenters. The summed E-state index contributed by atoms with van der Waals surface area (Å²) >= 11 is 3.61. The lowest BCUT2D eigenvalue weighted by molar-refractivity contribution is 0.351. The zero-order chi connectivity index (χ0) is 18.1. The average Bonchev–Trinajstić information content (AvgIpc) is 3.10. The van der Waals surface area contributed by atoms with Gasteiger partial charge in [0.15, 0.2) is 11.5 Å². The van der Waals surface area contributed by atoms with Gasteiger partial charge in [0, 0.05) is 12.0 Å². The summed E-state index contributed by atoms with van der Waals surface area (Å²) < 4.78 is 2.34. The summed E-state index contributed by atoms with van der Waals surface area (Å²) in [5, 5.41) is 13.7. The lowest BCUT2D eigenvalue weighted by Gasteiger charge is -2.19. The molecule has 1 saturated carbocycles. The topological polar surface area (TPSA) is 92.9 Å². The van der Waals surface area contributed by atoms with Gasteiger partial charge in [-0.3, -0.25) is 0 Å². The van der Waals surface area contributed by atoms with E-state index in [1.165, 1.54) is 32.1 Å². The van der Waals surface area contributed by atoms with Gasteiger partial charge in [-0.2, -0.15) is 9.78 Å². The van der Waals surface area contributed by atoms with E-state index in [0.717, 1.165) is 22.3 Å². The molecule has 0 aliphatic heterocycles. The standard InChI is InChI=1S/C19H19BrN6/c20-16-17(14-8-4-7-13(9-14)11-21)24-19(22)26-18(16)23-15(25-26)10-12-5-2-1-3-6-12/h4,7-9,12H,1-3,5-6,10H2,(H2,22,24). The van der Waals surface area contributed by atoms with Crippen LogP contribution in [0.3, 0.4) is 0 Å². The maximum atomic E-state index is 9.13. The highest BCUT2D eigenvalue weighted by molar-refractivity contribution is 9.10. The number of halogens is 1. The van der Waals surface area contributed by atoms with Crippen LogP contribution in [0.5, 0.6) is 0 Å². The molecule has 1 aliphatic rings. The number of anilines is 1. The van der Waals surface area contributed by atoms with Gasteiger partial charge >= 0.3 is 0 Å². The third-order valence-corrected chi connectivity index (χ3v) is 5.69. The van der Waals surface area contributed by atoms with Crippen molar-refractivity contribution in [3.05, 3.63) is 40.1 Å². The van der Waals surface area contributed by atoms with Crippen molar-refractivity contribution >= 4 is 27.5 Å². The molecule has 132 valence electrons. The van der Waals surface area contributed by atoms with E-state index in [-0.39, 0.29) is 0 Å². The van der Waals surface area contributed by atoms with Gasteiger partial charge in [-0.25, -0.2) is 9.97 Å². The largest absolute Gasteiger partial charge is 0.368 e. The molecular weight excluding hydrogens is 392 g/mol. The summed E-state index contributed by atoms with van der Waals surface area (Å²) in [6.45, 7) is 0. The van der Waals surface area contributed by atoms with Crippen LogP contribution in [-0.4, -0.2) is 19.6 Å². The SMILES string of the molecule is N#Cc1cccc(-c2nc(N)n3nc(CC4CCCCC4)nc3c2Br)c1. The molecule has 0 saturated heterocycles. The molecule has 7 heteroatoms. The van der Waals surface area contributed by atoms with E-state index < -0.39 is 0 Å². The maximum Gasteiger partial charge on any atom is 0.223 e. The molecule has 26 heavy (non-hydrogen) atoms. The molecule has 0 bridgehead atoms. The average molecular weight is 411 g/mol. The number of rotatable bonds is 3. The maximum absolute atomic E-state index is 9.13. The van der Waals surface area contributed by atoms with Crippen molar-refractivity contribution in [2.45, 2.75) is 38.5 Å². The zero-order valence-electron chi connectivity index (χ0n) is 14.3. The number of fused-ring (bicyclic) bond motifs is 1. The van der Waals surface area contributed by atoms with Crippen molar-refractivity contribution in [1.29, 1.82) is 5.26 Å². The van der Waals surface area contributed by atoms with Crippen LogP contribution < -0.4 is 5.73 Å². The molecule has 1 aliphatic carbocycles. The second kappa shape index (κ2) is 7.04. The minimum absolute atomic E-state index is 0.294. The number of aromatic nitrogens is 4. The first kappa shape index (κ1) is 17.0. The Morgan fingerprint density at radius 2 is 2.04 bits per heavy atom. The van der Waals surface area contributed by atoms with E-state index >= 15 is 0 Å². The second-order valence-electron chi connectivity index (χ2n) is 6.80. The summed E-state index contributed by atoms with van der Waals surface area (Å²) in [5.74, 6) is 1.76.